The van der Waals surface area contributed by atoms with Crippen molar-refractivity contribution >= 4 is 28.8 Å². The van der Waals surface area contributed by atoms with E-state index >= 15 is 0 Å². The standard InChI is InChI=1S/C20H22ClN3O2S/c1-23(2)18(14-6-9-27-13-14)12-22-20(25)15-10-16(21)17(11-19(15)26-3)24-7-4-5-8-24/h4-11,13,18H,12H2,1-3H3,(H,22,25). The van der Waals surface area contributed by atoms with E-state index in [4.69, 9.17) is 16.3 Å². The fourth-order valence-corrected chi connectivity index (χ4v) is 3.90. The smallest absolute Gasteiger partial charge is 0.255 e. The molecule has 0 radical (unpaired) electrons. The van der Waals surface area contributed by atoms with Crippen molar-refractivity contribution in [3.63, 3.8) is 0 Å². The van der Waals surface area contributed by atoms with Crippen LogP contribution in [-0.4, -0.2) is 43.1 Å². The van der Waals surface area contributed by atoms with Crippen LogP contribution in [0.5, 0.6) is 5.75 Å². The van der Waals surface area contributed by atoms with Crippen LogP contribution >= 0.6 is 22.9 Å². The molecule has 0 aliphatic carbocycles. The van der Waals surface area contributed by atoms with Gasteiger partial charge in [-0.25, -0.2) is 0 Å². The third kappa shape index (κ3) is 4.35. The molecule has 1 amide bonds. The number of carbonyl (C=O) groups is 1. The van der Waals surface area contributed by atoms with E-state index in [0.29, 0.717) is 22.9 Å². The Kier molecular flexibility index (Phi) is 6.21. The summed E-state index contributed by atoms with van der Waals surface area (Å²) in [5.41, 5.74) is 2.36. The Bertz CT molecular complexity index is 892. The van der Waals surface area contributed by atoms with E-state index in [-0.39, 0.29) is 11.9 Å². The van der Waals surface area contributed by atoms with Crippen LogP contribution in [0.15, 0.2) is 53.5 Å². The second-order valence-electron chi connectivity index (χ2n) is 6.34. The molecule has 7 heteroatoms. The molecule has 2 heterocycles. The molecule has 0 spiro atoms. The number of hydrogen-bond donors (Lipinski definition) is 1. The molecule has 0 fully saturated rings. The maximum atomic E-state index is 12.8. The van der Waals surface area contributed by atoms with Crippen molar-refractivity contribution in [2.45, 2.75) is 6.04 Å². The average Bonchev–Trinajstić information content (AvgIpc) is 3.35. The number of methoxy groups -OCH3 is 1. The highest BCUT2D eigenvalue weighted by Gasteiger charge is 2.20. The van der Waals surface area contributed by atoms with Gasteiger partial charge in [-0.15, -0.1) is 0 Å². The zero-order chi connectivity index (χ0) is 19.4. The quantitative estimate of drug-likeness (QED) is 0.642. The first kappa shape index (κ1) is 19.5. The molecule has 1 aromatic carbocycles. The number of nitrogens with one attached hydrogen (secondary N) is 1. The normalized spacial score (nSPS) is 12.2. The molecule has 3 aromatic rings. The first-order valence-corrected chi connectivity index (χ1v) is 9.81. The molecule has 27 heavy (non-hydrogen) atoms. The van der Waals surface area contributed by atoms with Gasteiger partial charge in [-0.3, -0.25) is 4.79 Å². The molecule has 0 saturated carbocycles. The highest BCUT2D eigenvalue weighted by molar-refractivity contribution is 7.08. The second kappa shape index (κ2) is 8.61. The van der Waals surface area contributed by atoms with Crippen LogP contribution in [0, 0.1) is 0 Å². The number of amides is 1. The summed E-state index contributed by atoms with van der Waals surface area (Å²) in [5, 5.41) is 7.62. The number of likely N-dealkylation sites (N-methyl/N-ethyl adjacent to an activating group) is 1. The molecule has 1 unspecified atom stereocenters. The van der Waals surface area contributed by atoms with Gasteiger partial charge in [-0.2, -0.15) is 11.3 Å². The lowest BCUT2D eigenvalue weighted by molar-refractivity contribution is 0.0939. The summed E-state index contributed by atoms with van der Waals surface area (Å²) >= 11 is 8.07. The van der Waals surface area contributed by atoms with E-state index < -0.39 is 0 Å². The lowest BCUT2D eigenvalue weighted by Gasteiger charge is -2.24. The van der Waals surface area contributed by atoms with Crippen molar-refractivity contribution < 1.29 is 9.53 Å². The Morgan fingerprint density at radius 2 is 2.07 bits per heavy atom. The number of aromatic nitrogens is 1. The third-order valence-corrected chi connectivity index (χ3v) is 5.41. The van der Waals surface area contributed by atoms with Crippen LogP contribution < -0.4 is 10.1 Å². The van der Waals surface area contributed by atoms with Crippen molar-refractivity contribution in [3.8, 4) is 11.4 Å². The molecule has 3 rings (SSSR count). The third-order valence-electron chi connectivity index (χ3n) is 4.40. The molecule has 5 nitrogen and oxygen atoms in total. The summed E-state index contributed by atoms with van der Waals surface area (Å²) in [4.78, 5) is 14.9. The molecule has 1 atom stereocenters. The molecule has 0 aliphatic rings. The molecule has 2 aromatic heterocycles. The second-order valence-corrected chi connectivity index (χ2v) is 7.53. The maximum Gasteiger partial charge on any atom is 0.255 e. The van der Waals surface area contributed by atoms with Gasteiger partial charge in [0.15, 0.2) is 0 Å². The summed E-state index contributed by atoms with van der Waals surface area (Å²) in [6.07, 6.45) is 3.78. The minimum atomic E-state index is -0.213. The highest BCUT2D eigenvalue weighted by atomic mass is 35.5. The van der Waals surface area contributed by atoms with Gasteiger partial charge in [0, 0.05) is 25.0 Å². The maximum absolute atomic E-state index is 12.8. The zero-order valence-electron chi connectivity index (χ0n) is 15.5. The number of benzene rings is 1. The number of nitrogens with zero attached hydrogens (tertiary/aromatic N) is 2. The van der Waals surface area contributed by atoms with E-state index in [9.17, 15) is 4.79 Å². The lowest BCUT2D eigenvalue weighted by atomic mass is 10.1. The molecular formula is C20H22ClN3O2S. The van der Waals surface area contributed by atoms with Gasteiger partial charge in [0.25, 0.3) is 5.91 Å². The molecule has 142 valence electrons. The molecular weight excluding hydrogens is 382 g/mol. The minimum absolute atomic E-state index is 0.0980. The van der Waals surface area contributed by atoms with Gasteiger partial charge in [-0.05, 0) is 54.7 Å². The van der Waals surface area contributed by atoms with Crippen molar-refractivity contribution in [1.82, 2.24) is 14.8 Å². The van der Waals surface area contributed by atoms with Gasteiger partial charge >= 0.3 is 0 Å². The number of carbonyl (C=O) groups excluding carboxylic acids is 1. The number of hydrogen-bond acceptors (Lipinski definition) is 4. The molecule has 1 N–H and O–H groups in total. The Morgan fingerprint density at radius 1 is 1.33 bits per heavy atom. The summed E-state index contributed by atoms with van der Waals surface area (Å²) in [6, 6.07) is 9.43. The number of ether oxygens (including phenoxy) is 1. The van der Waals surface area contributed by atoms with Crippen LogP contribution in [0.25, 0.3) is 5.69 Å². The van der Waals surface area contributed by atoms with E-state index in [1.807, 2.05) is 48.6 Å². The summed E-state index contributed by atoms with van der Waals surface area (Å²) < 4.78 is 7.33. The summed E-state index contributed by atoms with van der Waals surface area (Å²) in [5.74, 6) is 0.271. The Morgan fingerprint density at radius 3 is 2.67 bits per heavy atom. The largest absolute Gasteiger partial charge is 0.496 e. The van der Waals surface area contributed by atoms with E-state index in [1.165, 1.54) is 5.56 Å². The first-order valence-electron chi connectivity index (χ1n) is 8.49. The number of rotatable bonds is 7. The zero-order valence-corrected chi connectivity index (χ0v) is 17.1. The van der Waals surface area contributed by atoms with E-state index in [2.05, 4.69) is 21.7 Å². The predicted molar refractivity (Wildman–Crippen MR) is 110 cm³/mol. The highest BCUT2D eigenvalue weighted by Crippen LogP contribution is 2.30. The van der Waals surface area contributed by atoms with Crippen molar-refractivity contribution in [3.05, 3.63) is 69.6 Å². The Labute approximate surface area is 168 Å². The summed E-state index contributed by atoms with van der Waals surface area (Å²) in [6.45, 7) is 0.489. The van der Waals surface area contributed by atoms with Gasteiger partial charge in [0.05, 0.1) is 29.4 Å². The van der Waals surface area contributed by atoms with Crippen molar-refractivity contribution in [2.24, 2.45) is 0 Å². The Hall–Kier alpha value is -2.28. The SMILES string of the molecule is COc1cc(-n2cccc2)c(Cl)cc1C(=O)NCC(c1ccsc1)N(C)C. The van der Waals surface area contributed by atoms with Gasteiger partial charge in [0.2, 0.25) is 0 Å². The van der Waals surface area contributed by atoms with Gasteiger partial charge < -0.3 is 19.5 Å². The fourth-order valence-electron chi connectivity index (χ4n) is 2.93. The van der Waals surface area contributed by atoms with Gasteiger partial charge in [0.1, 0.15) is 5.75 Å². The lowest BCUT2D eigenvalue weighted by Crippen LogP contribution is -2.34. The van der Waals surface area contributed by atoms with Crippen LogP contribution in [0.4, 0.5) is 0 Å². The van der Waals surface area contributed by atoms with Crippen LogP contribution in [0.2, 0.25) is 5.02 Å². The van der Waals surface area contributed by atoms with Crippen molar-refractivity contribution in [1.29, 1.82) is 0 Å². The monoisotopic (exact) mass is 403 g/mol. The van der Waals surface area contributed by atoms with Gasteiger partial charge in [-0.1, -0.05) is 11.6 Å². The average molecular weight is 404 g/mol. The van der Waals surface area contributed by atoms with Crippen molar-refractivity contribution in [2.75, 3.05) is 27.7 Å². The topological polar surface area (TPSA) is 46.5 Å². The first-order chi connectivity index (χ1) is 13.0. The number of thiophene rings is 1. The van der Waals surface area contributed by atoms with Crippen LogP contribution in [-0.2, 0) is 0 Å². The van der Waals surface area contributed by atoms with Crippen LogP contribution in [0.3, 0.4) is 0 Å². The summed E-state index contributed by atoms with van der Waals surface area (Å²) in [7, 11) is 5.54. The van der Waals surface area contributed by atoms with E-state index in [0.717, 1.165) is 5.69 Å². The fraction of sp³-hybridized carbons (Fsp3) is 0.250. The van der Waals surface area contributed by atoms with Crippen LogP contribution in [0.1, 0.15) is 22.0 Å². The molecule has 0 saturated heterocycles. The molecule has 0 bridgehead atoms. The minimum Gasteiger partial charge on any atom is -0.496 e. The number of halogens is 1. The Balaban J connectivity index is 1.81. The molecule has 0 aliphatic heterocycles. The van der Waals surface area contributed by atoms with E-state index in [1.54, 1.807) is 30.6 Å². The predicted octanol–water partition coefficient (Wildman–Crippen LogP) is 4.23.